The minimum atomic E-state index is -0.188. The second-order valence-corrected chi connectivity index (χ2v) is 5.97. The Morgan fingerprint density at radius 3 is 3.11 bits per heavy atom. The van der Waals surface area contributed by atoms with E-state index in [2.05, 4.69) is 10.3 Å². The lowest BCUT2D eigenvalue weighted by atomic mass is 10.2. The van der Waals surface area contributed by atoms with Gasteiger partial charge in [-0.25, -0.2) is 9.37 Å². The van der Waals surface area contributed by atoms with Crippen molar-refractivity contribution in [2.24, 2.45) is 0 Å². The fourth-order valence-corrected chi connectivity index (χ4v) is 3.28. The van der Waals surface area contributed by atoms with E-state index in [0.29, 0.717) is 25.3 Å². The van der Waals surface area contributed by atoms with Crippen LogP contribution in [0.15, 0.2) is 39.0 Å². The molecule has 1 heterocycles. The highest BCUT2D eigenvalue weighted by Crippen LogP contribution is 2.32. The van der Waals surface area contributed by atoms with Crippen LogP contribution in [-0.4, -0.2) is 25.2 Å². The number of hydrogen-bond acceptors (Lipinski definition) is 5. The first kappa shape index (κ1) is 14.5. The van der Waals surface area contributed by atoms with Gasteiger partial charge in [-0.1, -0.05) is 17.8 Å². The monoisotopic (exact) mass is 298 g/mol. The van der Waals surface area contributed by atoms with Gasteiger partial charge in [-0.3, -0.25) is 0 Å². The van der Waals surface area contributed by atoms with Crippen LogP contribution < -0.4 is 5.32 Å². The zero-order valence-electron chi connectivity index (χ0n) is 10.6. The summed E-state index contributed by atoms with van der Waals surface area (Å²) >= 11 is 3.05. The maximum absolute atomic E-state index is 13.9. The van der Waals surface area contributed by atoms with Crippen LogP contribution in [0.25, 0.3) is 0 Å². The first-order chi connectivity index (χ1) is 9.31. The molecule has 0 spiro atoms. The molecule has 0 bridgehead atoms. The normalized spacial score (nSPS) is 10.8. The van der Waals surface area contributed by atoms with Crippen LogP contribution in [0.5, 0.6) is 0 Å². The summed E-state index contributed by atoms with van der Waals surface area (Å²) in [5.41, 5.74) is 0.679. The second kappa shape index (κ2) is 7.59. The molecule has 6 heteroatoms. The smallest absolute Gasteiger partial charge is 0.154 e. The van der Waals surface area contributed by atoms with Gasteiger partial charge in [-0.05, 0) is 12.1 Å². The highest BCUT2D eigenvalue weighted by Gasteiger charge is 2.10. The second-order valence-electron chi connectivity index (χ2n) is 3.79. The molecule has 0 aliphatic heterocycles. The molecule has 0 fully saturated rings. The van der Waals surface area contributed by atoms with Crippen molar-refractivity contribution in [2.45, 2.75) is 15.8 Å². The highest BCUT2D eigenvalue weighted by atomic mass is 32.2. The lowest BCUT2D eigenvalue weighted by Crippen LogP contribution is -2.19. The Morgan fingerprint density at radius 1 is 1.47 bits per heavy atom. The predicted octanol–water partition coefficient (Wildman–Crippen LogP) is 3.17. The van der Waals surface area contributed by atoms with E-state index >= 15 is 0 Å². The van der Waals surface area contributed by atoms with E-state index in [1.807, 2.05) is 11.4 Å². The maximum atomic E-state index is 13.9. The summed E-state index contributed by atoms with van der Waals surface area (Å²) in [6.45, 7) is 1.80. The Balaban J connectivity index is 2.07. The van der Waals surface area contributed by atoms with Crippen molar-refractivity contribution in [1.29, 1.82) is 0 Å². The van der Waals surface area contributed by atoms with Gasteiger partial charge in [-0.2, -0.15) is 0 Å². The minimum absolute atomic E-state index is 0.188. The van der Waals surface area contributed by atoms with Gasteiger partial charge in [0.1, 0.15) is 5.82 Å². The number of nitrogens with one attached hydrogen (secondary N) is 1. The third kappa shape index (κ3) is 4.28. The summed E-state index contributed by atoms with van der Waals surface area (Å²) in [4.78, 5) is 5.11. The fourth-order valence-electron chi connectivity index (χ4n) is 1.55. The van der Waals surface area contributed by atoms with Crippen molar-refractivity contribution < 1.29 is 9.13 Å². The summed E-state index contributed by atoms with van der Waals surface area (Å²) in [6, 6.07) is 5.13. The molecule has 2 aromatic rings. The summed E-state index contributed by atoms with van der Waals surface area (Å²) in [5.74, 6) is -0.188. The lowest BCUT2D eigenvalue weighted by molar-refractivity contribution is 0.199. The van der Waals surface area contributed by atoms with Crippen molar-refractivity contribution in [3.63, 3.8) is 0 Å². The zero-order valence-corrected chi connectivity index (χ0v) is 12.2. The van der Waals surface area contributed by atoms with Crippen LogP contribution >= 0.6 is 23.1 Å². The maximum Gasteiger partial charge on any atom is 0.154 e. The van der Waals surface area contributed by atoms with E-state index in [1.54, 1.807) is 30.7 Å². The molecule has 0 aliphatic rings. The number of thiazole rings is 1. The van der Waals surface area contributed by atoms with Crippen molar-refractivity contribution in [1.82, 2.24) is 10.3 Å². The van der Waals surface area contributed by atoms with Gasteiger partial charge in [0.2, 0.25) is 0 Å². The first-order valence-corrected chi connectivity index (χ1v) is 7.55. The Labute approximate surface area is 120 Å². The molecule has 0 aliphatic carbocycles. The van der Waals surface area contributed by atoms with Crippen LogP contribution in [0.3, 0.4) is 0 Å². The standard InChI is InChI=1S/C13H15FN2OS2/c1-17-7-5-15-9-10-11(14)3-2-4-12(10)19-13-16-6-8-18-13/h2-4,6,8,15H,5,7,9H2,1H3. The van der Waals surface area contributed by atoms with Gasteiger partial charge < -0.3 is 10.1 Å². The van der Waals surface area contributed by atoms with Crippen molar-refractivity contribution in [3.05, 3.63) is 41.2 Å². The number of ether oxygens (including phenoxy) is 1. The van der Waals surface area contributed by atoms with Gasteiger partial charge in [0.25, 0.3) is 0 Å². The van der Waals surface area contributed by atoms with Crippen molar-refractivity contribution in [3.8, 4) is 0 Å². The summed E-state index contributed by atoms with van der Waals surface area (Å²) in [7, 11) is 1.65. The highest BCUT2D eigenvalue weighted by molar-refractivity contribution is 8.01. The molecular weight excluding hydrogens is 283 g/mol. The molecule has 0 saturated heterocycles. The van der Waals surface area contributed by atoms with Crippen molar-refractivity contribution in [2.75, 3.05) is 20.3 Å². The van der Waals surface area contributed by atoms with Crippen molar-refractivity contribution >= 4 is 23.1 Å². The van der Waals surface area contributed by atoms with Crippen LogP contribution in [0.2, 0.25) is 0 Å². The number of aromatic nitrogens is 1. The zero-order chi connectivity index (χ0) is 13.5. The molecule has 1 aromatic carbocycles. The van der Waals surface area contributed by atoms with Gasteiger partial charge >= 0.3 is 0 Å². The molecular formula is C13H15FN2OS2. The SMILES string of the molecule is COCCNCc1c(F)cccc1Sc1nccs1. The number of nitrogens with zero attached hydrogens (tertiary/aromatic N) is 1. The molecule has 102 valence electrons. The molecule has 2 rings (SSSR count). The number of benzene rings is 1. The summed E-state index contributed by atoms with van der Waals surface area (Å²) in [6.07, 6.45) is 1.75. The van der Waals surface area contributed by atoms with E-state index < -0.39 is 0 Å². The lowest BCUT2D eigenvalue weighted by Gasteiger charge is -2.10. The van der Waals surface area contributed by atoms with Crippen LogP contribution in [0.4, 0.5) is 4.39 Å². The van der Waals surface area contributed by atoms with E-state index in [0.717, 1.165) is 9.24 Å². The van der Waals surface area contributed by atoms with Gasteiger partial charge in [-0.15, -0.1) is 11.3 Å². The van der Waals surface area contributed by atoms with E-state index in [1.165, 1.54) is 17.8 Å². The molecule has 1 aromatic heterocycles. The quantitative estimate of drug-likeness (QED) is 0.796. The minimum Gasteiger partial charge on any atom is -0.383 e. The number of halogens is 1. The van der Waals surface area contributed by atoms with Crippen LogP contribution in [0.1, 0.15) is 5.56 Å². The topological polar surface area (TPSA) is 34.1 Å². The molecule has 0 amide bonds. The first-order valence-electron chi connectivity index (χ1n) is 5.85. The third-order valence-electron chi connectivity index (χ3n) is 2.47. The Morgan fingerprint density at radius 2 is 2.37 bits per heavy atom. The average molecular weight is 298 g/mol. The Kier molecular flexibility index (Phi) is 5.78. The van der Waals surface area contributed by atoms with Gasteiger partial charge in [0.15, 0.2) is 4.34 Å². The van der Waals surface area contributed by atoms with E-state index in [4.69, 9.17) is 4.74 Å². The summed E-state index contributed by atoms with van der Waals surface area (Å²) < 4.78 is 19.8. The molecule has 19 heavy (non-hydrogen) atoms. The average Bonchev–Trinajstić information content (AvgIpc) is 2.90. The van der Waals surface area contributed by atoms with E-state index in [9.17, 15) is 4.39 Å². The Bertz CT molecular complexity index is 505. The molecule has 0 unspecified atom stereocenters. The van der Waals surface area contributed by atoms with Crippen LogP contribution in [0, 0.1) is 5.82 Å². The van der Waals surface area contributed by atoms with Gasteiger partial charge in [0, 0.05) is 42.2 Å². The molecule has 0 atom stereocenters. The molecule has 1 N–H and O–H groups in total. The number of hydrogen-bond donors (Lipinski definition) is 1. The largest absolute Gasteiger partial charge is 0.383 e. The number of methoxy groups -OCH3 is 1. The Hall–Kier alpha value is -0.950. The fraction of sp³-hybridized carbons (Fsp3) is 0.308. The summed E-state index contributed by atoms with van der Waals surface area (Å²) in [5, 5.41) is 5.08. The van der Waals surface area contributed by atoms with E-state index in [-0.39, 0.29) is 5.82 Å². The predicted molar refractivity (Wildman–Crippen MR) is 76.2 cm³/mol. The molecule has 0 saturated carbocycles. The third-order valence-corrected chi connectivity index (χ3v) is 4.45. The van der Waals surface area contributed by atoms with Gasteiger partial charge in [0.05, 0.1) is 6.61 Å². The molecule has 3 nitrogen and oxygen atoms in total. The molecule has 0 radical (unpaired) electrons. The van der Waals surface area contributed by atoms with Crippen LogP contribution in [-0.2, 0) is 11.3 Å². The number of rotatable bonds is 7.